The van der Waals surface area contributed by atoms with Crippen LogP contribution in [-0.2, 0) is 27.4 Å². The van der Waals surface area contributed by atoms with Crippen molar-refractivity contribution in [3.05, 3.63) is 71.8 Å². The normalized spacial score (nSPS) is 28.8. The summed E-state index contributed by atoms with van der Waals surface area (Å²) in [5.41, 5.74) is 8.20. The quantitative estimate of drug-likeness (QED) is 0.688. The third-order valence-corrected chi connectivity index (χ3v) is 4.44. The molecule has 0 spiro atoms. The predicted octanol–water partition coefficient (Wildman–Crippen LogP) is 1.19. The fourth-order valence-corrected chi connectivity index (χ4v) is 2.97. The first kappa shape index (κ1) is 19.0. The molecule has 0 aromatic heterocycles. The number of hydrogen-bond acceptors (Lipinski definition) is 6. The second-order valence-electron chi connectivity index (χ2n) is 6.35. The first-order chi connectivity index (χ1) is 12.7. The molecule has 140 valence electrons. The Morgan fingerprint density at radius 3 is 1.96 bits per heavy atom. The van der Waals surface area contributed by atoms with Gasteiger partial charge in [-0.05, 0) is 11.1 Å². The van der Waals surface area contributed by atoms with E-state index in [9.17, 15) is 10.2 Å². The van der Waals surface area contributed by atoms with E-state index in [0.29, 0.717) is 13.2 Å². The van der Waals surface area contributed by atoms with Gasteiger partial charge in [0.25, 0.3) is 0 Å². The van der Waals surface area contributed by atoms with Crippen LogP contribution in [0, 0.1) is 0 Å². The monoisotopic (exact) mass is 359 g/mol. The molecule has 0 unspecified atom stereocenters. The van der Waals surface area contributed by atoms with Crippen molar-refractivity contribution < 1.29 is 24.4 Å². The zero-order chi connectivity index (χ0) is 18.4. The number of rotatable bonds is 7. The maximum absolute atomic E-state index is 10.4. The molecule has 1 saturated heterocycles. The number of hydrogen-bond donors (Lipinski definition) is 3. The van der Waals surface area contributed by atoms with Crippen molar-refractivity contribution in [3.8, 4) is 0 Å². The molecule has 1 aliphatic heterocycles. The maximum Gasteiger partial charge on any atom is 0.176 e. The summed E-state index contributed by atoms with van der Waals surface area (Å²) in [6.45, 7) is 0.281. The van der Waals surface area contributed by atoms with E-state index in [4.69, 9.17) is 19.9 Å². The molecule has 1 fully saturated rings. The van der Waals surface area contributed by atoms with E-state index in [0.717, 1.165) is 11.1 Å². The van der Waals surface area contributed by atoms with Gasteiger partial charge in [-0.2, -0.15) is 0 Å². The Balaban J connectivity index is 1.64. The van der Waals surface area contributed by atoms with E-state index >= 15 is 0 Å². The van der Waals surface area contributed by atoms with Crippen molar-refractivity contribution in [1.82, 2.24) is 0 Å². The Morgan fingerprint density at radius 1 is 0.885 bits per heavy atom. The molecule has 5 atom stereocenters. The smallest absolute Gasteiger partial charge is 0.176 e. The van der Waals surface area contributed by atoms with E-state index < -0.39 is 30.6 Å². The summed E-state index contributed by atoms with van der Waals surface area (Å²) in [5.74, 6) is 0. The average Bonchev–Trinajstić information content (AvgIpc) is 2.69. The average molecular weight is 359 g/mol. The Morgan fingerprint density at radius 2 is 1.42 bits per heavy atom. The number of aliphatic hydroxyl groups is 2. The minimum absolute atomic E-state index is 0.305. The van der Waals surface area contributed by atoms with Crippen LogP contribution in [0.1, 0.15) is 11.1 Å². The number of ether oxygens (including phenoxy) is 3. The zero-order valence-electron chi connectivity index (χ0n) is 14.5. The molecule has 6 heteroatoms. The minimum atomic E-state index is -1.03. The fourth-order valence-electron chi connectivity index (χ4n) is 2.97. The van der Waals surface area contributed by atoms with Gasteiger partial charge in [0.15, 0.2) is 6.29 Å². The highest BCUT2D eigenvalue weighted by Gasteiger charge is 2.44. The summed E-state index contributed by atoms with van der Waals surface area (Å²) >= 11 is 0. The maximum atomic E-state index is 10.4. The van der Waals surface area contributed by atoms with E-state index in [2.05, 4.69) is 0 Å². The third kappa shape index (κ3) is 4.67. The molecular formula is C20H25NO5. The summed E-state index contributed by atoms with van der Waals surface area (Å²) < 4.78 is 17.3. The Bertz CT molecular complexity index is 654. The van der Waals surface area contributed by atoms with Crippen LogP contribution in [0.25, 0.3) is 0 Å². The Labute approximate surface area is 153 Å². The van der Waals surface area contributed by atoms with E-state index in [-0.39, 0.29) is 6.61 Å². The Kier molecular flexibility index (Phi) is 6.73. The topological polar surface area (TPSA) is 94.2 Å². The summed E-state index contributed by atoms with van der Waals surface area (Å²) in [6, 6.07) is 18.6. The van der Waals surface area contributed by atoms with Gasteiger partial charge in [-0.3, -0.25) is 0 Å². The summed E-state index contributed by atoms with van der Waals surface area (Å²) in [4.78, 5) is 0. The van der Waals surface area contributed by atoms with E-state index in [1.807, 2.05) is 60.7 Å². The van der Waals surface area contributed by atoms with E-state index in [1.54, 1.807) is 0 Å². The lowest BCUT2D eigenvalue weighted by Crippen LogP contribution is -2.63. The van der Waals surface area contributed by atoms with Crippen molar-refractivity contribution in [2.45, 2.75) is 43.9 Å². The van der Waals surface area contributed by atoms with Gasteiger partial charge in [0.1, 0.15) is 18.3 Å². The van der Waals surface area contributed by atoms with Gasteiger partial charge in [0.2, 0.25) is 0 Å². The second kappa shape index (κ2) is 9.23. The van der Waals surface area contributed by atoms with E-state index in [1.165, 1.54) is 0 Å². The fraction of sp³-hybridized carbons (Fsp3) is 0.400. The van der Waals surface area contributed by atoms with Crippen LogP contribution in [0.5, 0.6) is 0 Å². The van der Waals surface area contributed by atoms with Gasteiger partial charge >= 0.3 is 0 Å². The largest absolute Gasteiger partial charge is 0.394 e. The lowest BCUT2D eigenvalue weighted by atomic mass is 9.97. The van der Waals surface area contributed by atoms with Gasteiger partial charge in [-0.15, -0.1) is 0 Å². The summed E-state index contributed by atoms with van der Waals surface area (Å²) in [5, 5.41) is 20.0. The molecule has 0 bridgehead atoms. The van der Waals surface area contributed by atoms with Crippen LogP contribution in [0.15, 0.2) is 60.7 Å². The van der Waals surface area contributed by atoms with Crippen molar-refractivity contribution >= 4 is 0 Å². The van der Waals surface area contributed by atoms with Crippen LogP contribution in [0.4, 0.5) is 0 Å². The van der Waals surface area contributed by atoms with Crippen LogP contribution < -0.4 is 5.73 Å². The Hall–Kier alpha value is -1.80. The minimum Gasteiger partial charge on any atom is -0.394 e. The molecule has 1 heterocycles. The number of nitrogens with two attached hydrogens (primary N) is 1. The van der Waals surface area contributed by atoms with Crippen LogP contribution in [0.3, 0.4) is 0 Å². The second-order valence-corrected chi connectivity index (χ2v) is 6.35. The lowest BCUT2D eigenvalue weighted by Gasteiger charge is -2.42. The molecule has 1 aliphatic rings. The molecule has 4 N–H and O–H groups in total. The summed E-state index contributed by atoms with van der Waals surface area (Å²) in [7, 11) is 0. The molecule has 6 nitrogen and oxygen atoms in total. The molecule has 0 saturated carbocycles. The van der Waals surface area contributed by atoms with Crippen molar-refractivity contribution in [3.63, 3.8) is 0 Å². The molecule has 2 aromatic rings. The lowest BCUT2D eigenvalue weighted by molar-refractivity contribution is -0.277. The molecule has 0 radical (unpaired) electrons. The van der Waals surface area contributed by atoms with Crippen LogP contribution >= 0.6 is 0 Å². The predicted molar refractivity (Wildman–Crippen MR) is 96.0 cm³/mol. The summed E-state index contributed by atoms with van der Waals surface area (Å²) in [6.07, 6.45) is -3.33. The van der Waals surface area contributed by atoms with Gasteiger partial charge in [-0.1, -0.05) is 60.7 Å². The molecular weight excluding hydrogens is 334 g/mol. The highest BCUT2D eigenvalue weighted by atomic mass is 16.7. The zero-order valence-corrected chi connectivity index (χ0v) is 14.5. The highest BCUT2D eigenvalue weighted by Crippen LogP contribution is 2.24. The van der Waals surface area contributed by atoms with Crippen LogP contribution in [-0.4, -0.2) is 47.5 Å². The van der Waals surface area contributed by atoms with Crippen molar-refractivity contribution in [1.29, 1.82) is 0 Å². The highest BCUT2D eigenvalue weighted by molar-refractivity contribution is 5.14. The van der Waals surface area contributed by atoms with Gasteiger partial charge in [-0.25, -0.2) is 0 Å². The number of benzene rings is 2. The molecule has 26 heavy (non-hydrogen) atoms. The SMILES string of the molecule is N[C@@H]1[C@@H](OCc2ccccc2)O[C@H](CO)[C@@H](O)[C@@H]1OCc1ccccc1. The standard InChI is InChI=1S/C20H25NO5/c21-17-19(24-12-14-7-3-1-4-8-14)18(23)16(11-22)26-20(17)25-13-15-9-5-2-6-10-15/h1-10,16-20,22-23H,11-13,21H2/t16-,17+,18-,19-,20+/m1/s1. The number of aliphatic hydroxyl groups excluding tert-OH is 2. The van der Waals surface area contributed by atoms with Gasteiger partial charge < -0.3 is 30.2 Å². The molecule has 0 amide bonds. The third-order valence-electron chi connectivity index (χ3n) is 4.44. The van der Waals surface area contributed by atoms with Gasteiger partial charge in [0.05, 0.1) is 25.9 Å². The first-order valence-corrected chi connectivity index (χ1v) is 8.70. The molecule has 3 rings (SSSR count). The molecule has 0 aliphatic carbocycles. The van der Waals surface area contributed by atoms with Crippen molar-refractivity contribution in [2.75, 3.05) is 6.61 Å². The first-order valence-electron chi connectivity index (χ1n) is 8.70. The van der Waals surface area contributed by atoms with Crippen LogP contribution in [0.2, 0.25) is 0 Å². The molecule has 2 aromatic carbocycles. The van der Waals surface area contributed by atoms with Gasteiger partial charge in [0, 0.05) is 0 Å². The van der Waals surface area contributed by atoms with Crippen molar-refractivity contribution in [2.24, 2.45) is 5.73 Å².